The largest absolute Gasteiger partial charge is 0.479 e. The van der Waals surface area contributed by atoms with E-state index in [4.69, 9.17) is 18.6 Å². The predicted octanol–water partition coefficient (Wildman–Crippen LogP) is 5.56. The van der Waals surface area contributed by atoms with Crippen LogP contribution in [0.1, 0.15) is 43.3 Å². The fourth-order valence-electron chi connectivity index (χ4n) is 3.33. The fourth-order valence-corrected chi connectivity index (χ4v) is 3.65. The summed E-state index contributed by atoms with van der Waals surface area (Å²) < 4.78 is 23.1. The number of ether oxygens (including phenoxy) is 3. The first-order valence-corrected chi connectivity index (χ1v) is 12.6. The van der Waals surface area contributed by atoms with Crippen LogP contribution in [-0.2, 0) is 5.41 Å². The summed E-state index contributed by atoms with van der Waals surface area (Å²) in [6.07, 6.45) is 0.902. The normalized spacial score (nSPS) is 11.4. The summed E-state index contributed by atoms with van der Waals surface area (Å²) in [5.74, 6) is 0.894. The first-order valence-electron chi connectivity index (χ1n) is 11.8. The molecule has 10 nitrogen and oxygen atoms in total. The Morgan fingerprint density at radius 2 is 1.76 bits per heavy atom. The third kappa shape index (κ3) is 7.59. The summed E-state index contributed by atoms with van der Waals surface area (Å²) in [6, 6.07) is 9.00. The third-order valence-corrected chi connectivity index (χ3v) is 6.00. The number of nitrogens with zero attached hydrogens (tertiary/aromatic N) is 3. The minimum Gasteiger partial charge on any atom is -0.479 e. The number of hydrogen-bond acceptors (Lipinski definition) is 9. The van der Waals surface area contributed by atoms with Crippen molar-refractivity contribution < 1.29 is 23.4 Å². The number of amides is 1. The van der Waals surface area contributed by atoms with Crippen LogP contribution in [0.25, 0.3) is 0 Å². The Morgan fingerprint density at radius 3 is 2.35 bits per heavy atom. The number of benzene rings is 1. The zero-order valence-corrected chi connectivity index (χ0v) is 23.9. The van der Waals surface area contributed by atoms with Crippen LogP contribution in [0, 0.1) is 0 Å². The van der Waals surface area contributed by atoms with E-state index in [1.807, 2.05) is 32.3 Å². The van der Waals surface area contributed by atoms with E-state index in [0.717, 1.165) is 23.0 Å². The second-order valence-electron chi connectivity index (χ2n) is 9.59. The molecule has 0 aliphatic rings. The molecular formula is C26H34BrN5O5. The van der Waals surface area contributed by atoms with Crippen molar-refractivity contribution >= 4 is 33.5 Å². The molecule has 0 atom stereocenters. The first-order chi connectivity index (χ1) is 17.5. The summed E-state index contributed by atoms with van der Waals surface area (Å²) in [7, 11) is 6.93. The first kappa shape index (κ1) is 28.3. The van der Waals surface area contributed by atoms with Crippen molar-refractivity contribution in [2.45, 2.75) is 32.6 Å². The Kier molecular flexibility index (Phi) is 9.39. The van der Waals surface area contributed by atoms with E-state index in [-0.39, 0.29) is 34.6 Å². The quantitative estimate of drug-likeness (QED) is 0.284. The van der Waals surface area contributed by atoms with Gasteiger partial charge in [-0.05, 0) is 72.2 Å². The highest BCUT2D eigenvalue weighted by molar-refractivity contribution is 9.10. The van der Waals surface area contributed by atoms with Gasteiger partial charge >= 0.3 is 0 Å². The van der Waals surface area contributed by atoms with Gasteiger partial charge in [-0.1, -0.05) is 26.8 Å². The average Bonchev–Trinajstić information content (AvgIpc) is 3.31. The molecule has 0 saturated carbocycles. The molecule has 200 valence electrons. The molecule has 3 rings (SSSR count). The number of carbonyl (C=O) groups excluding carboxylic acids is 1. The average molecular weight is 576 g/mol. The number of anilines is 2. The van der Waals surface area contributed by atoms with Gasteiger partial charge in [0.2, 0.25) is 17.7 Å². The van der Waals surface area contributed by atoms with Gasteiger partial charge in [0.1, 0.15) is 5.75 Å². The van der Waals surface area contributed by atoms with E-state index in [1.165, 1.54) is 20.3 Å². The van der Waals surface area contributed by atoms with Gasteiger partial charge in [0.15, 0.2) is 11.4 Å². The van der Waals surface area contributed by atoms with E-state index < -0.39 is 5.91 Å². The lowest BCUT2D eigenvalue weighted by atomic mass is 9.87. The minimum absolute atomic E-state index is 0.0353. The van der Waals surface area contributed by atoms with Crippen molar-refractivity contribution in [2.24, 2.45) is 0 Å². The summed E-state index contributed by atoms with van der Waals surface area (Å²) in [4.78, 5) is 23.8. The van der Waals surface area contributed by atoms with Crippen LogP contribution in [0.4, 0.5) is 11.6 Å². The van der Waals surface area contributed by atoms with Gasteiger partial charge < -0.3 is 34.2 Å². The molecule has 0 unspecified atom stereocenters. The van der Waals surface area contributed by atoms with Crippen molar-refractivity contribution in [1.29, 1.82) is 0 Å². The van der Waals surface area contributed by atoms with Crippen molar-refractivity contribution in [1.82, 2.24) is 14.9 Å². The standard InChI is InChI=1S/C26H34BrN5O5/c1-26(2,3)16-9-10-17(27)19(15-16)37-20-12-11-18(36-20)22(33)29-21-23(34-6)30-25(31-24(21)35-7)28-13-8-14-32(4)5/h9-12,15H,8,13-14H2,1-7H3,(H,29,33)(H,28,30,31). The topological polar surface area (TPSA) is 111 Å². The molecule has 1 amide bonds. The maximum absolute atomic E-state index is 13.0. The van der Waals surface area contributed by atoms with Gasteiger partial charge in [-0.15, -0.1) is 0 Å². The molecule has 0 radical (unpaired) electrons. The number of nitrogens with one attached hydrogen (secondary N) is 2. The summed E-state index contributed by atoms with van der Waals surface area (Å²) in [6.45, 7) is 7.95. The zero-order valence-electron chi connectivity index (χ0n) is 22.3. The van der Waals surface area contributed by atoms with Crippen LogP contribution in [0.2, 0.25) is 0 Å². The maximum atomic E-state index is 13.0. The number of furan rings is 1. The lowest BCUT2D eigenvalue weighted by Gasteiger charge is -2.20. The van der Waals surface area contributed by atoms with Crippen LogP contribution in [-0.4, -0.2) is 62.2 Å². The molecule has 2 aromatic heterocycles. The van der Waals surface area contributed by atoms with Gasteiger partial charge in [-0.2, -0.15) is 9.97 Å². The molecule has 0 bridgehead atoms. The summed E-state index contributed by atoms with van der Waals surface area (Å²) in [5, 5.41) is 5.86. The van der Waals surface area contributed by atoms with Gasteiger partial charge in [-0.25, -0.2) is 0 Å². The molecule has 2 heterocycles. The lowest BCUT2D eigenvalue weighted by Crippen LogP contribution is -2.18. The molecule has 2 N–H and O–H groups in total. The SMILES string of the molecule is COc1nc(NCCCN(C)C)nc(OC)c1NC(=O)c1ccc(Oc2cc(C(C)(C)C)ccc2Br)o1. The number of rotatable bonds is 11. The van der Waals surface area contributed by atoms with Gasteiger partial charge in [0.05, 0.1) is 18.7 Å². The molecule has 3 aromatic rings. The molecule has 37 heavy (non-hydrogen) atoms. The Labute approximate surface area is 225 Å². The number of carbonyl (C=O) groups is 1. The van der Waals surface area contributed by atoms with Crippen LogP contribution in [0.5, 0.6) is 23.5 Å². The molecule has 0 aliphatic heterocycles. The van der Waals surface area contributed by atoms with E-state index >= 15 is 0 Å². The van der Waals surface area contributed by atoms with Gasteiger partial charge in [0.25, 0.3) is 11.9 Å². The predicted molar refractivity (Wildman–Crippen MR) is 146 cm³/mol. The summed E-state index contributed by atoms with van der Waals surface area (Å²) in [5.41, 5.74) is 1.24. The molecule has 0 aliphatic carbocycles. The molecule has 0 spiro atoms. The van der Waals surface area contributed by atoms with Crippen LogP contribution >= 0.6 is 15.9 Å². The maximum Gasteiger partial charge on any atom is 0.291 e. The lowest BCUT2D eigenvalue weighted by molar-refractivity contribution is 0.0990. The van der Waals surface area contributed by atoms with E-state index in [9.17, 15) is 4.79 Å². The Morgan fingerprint density at radius 1 is 1.08 bits per heavy atom. The third-order valence-electron chi connectivity index (χ3n) is 5.35. The van der Waals surface area contributed by atoms with E-state index in [2.05, 4.69) is 62.2 Å². The molecule has 0 saturated heterocycles. The highest BCUT2D eigenvalue weighted by Crippen LogP contribution is 2.36. The number of methoxy groups -OCH3 is 2. The minimum atomic E-state index is -0.538. The number of halogens is 1. The molecule has 11 heteroatoms. The second-order valence-corrected chi connectivity index (χ2v) is 10.4. The fraction of sp³-hybridized carbons (Fsp3) is 0.423. The van der Waals surface area contributed by atoms with E-state index in [1.54, 1.807) is 6.07 Å². The monoisotopic (exact) mass is 575 g/mol. The smallest absolute Gasteiger partial charge is 0.291 e. The van der Waals surface area contributed by atoms with Crippen molar-refractivity contribution in [3.63, 3.8) is 0 Å². The number of aromatic nitrogens is 2. The zero-order chi connectivity index (χ0) is 27.2. The van der Waals surface area contributed by atoms with Crippen molar-refractivity contribution in [3.8, 4) is 23.5 Å². The molecule has 1 aromatic carbocycles. The highest BCUT2D eigenvalue weighted by Gasteiger charge is 2.22. The van der Waals surface area contributed by atoms with Crippen molar-refractivity contribution in [2.75, 3.05) is 52.0 Å². The Hall–Kier alpha value is -3.31. The second kappa shape index (κ2) is 12.3. The van der Waals surface area contributed by atoms with E-state index in [0.29, 0.717) is 18.2 Å². The van der Waals surface area contributed by atoms with Gasteiger partial charge in [-0.3, -0.25) is 4.79 Å². The van der Waals surface area contributed by atoms with Crippen LogP contribution in [0.3, 0.4) is 0 Å². The van der Waals surface area contributed by atoms with Crippen LogP contribution in [0.15, 0.2) is 39.2 Å². The Balaban J connectivity index is 1.74. The van der Waals surface area contributed by atoms with Gasteiger partial charge in [0, 0.05) is 12.6 Å². The Bertz CT molecular complexity index is 1200. The van der Waals surface area contributed by atoms with Crippen LogP contribution < -0.4 is 24.8 Å². The molecular weight excluding hydrogens is 542 g/mol. The highest BCUT2D eigenvalue weighted by atomic mass is 79.9. The summed E-state index contributed by atoms with van der Waals surface area (Å²) >= 11 is 3.50. The van der Waals surface area contributed by atoms with Crippen molar-refractivity contribution in [3.05, 3.63) is 46.1 Å². The molecule has 0 fully saturated rings. The number of hydrogen-bond donors (Lipinski definition) is 2.